The lowest BCUT2D eigenvalue weighted by atomic mass is 10.0. The first-order chi connectivity index (χ1) is 9.54. The van der Waals surface area contributed by atoms with Crippen LogP contribution in [-0.4, -0.2) is 50.9 Å². The summed E-state index contributed by atoms with van der Waals surface area (Å²) in [6, 6.07) is 8.62. The molecule has 0 spiro atoms. The fraction of sp³-hybridized carbons (Fsp3) is 0.625. The topological polar surface area (TPSA) is 33.7 Å². The molecule has 1 aromatic rings. The predicted octanol–water partition coefficient (Wildman–Crippen LogP) is 2.07. The van der Waals surface area contributed by atoms with E-state index in [9.17, 15) is 0 Å². The van der Waals surface area contributed by atoms with E-state index in [1.54, 1.807) is 7.11 Å². The largest absolute Gasteiger partial charge is 0.497 e. The van der Waals surface area contributed by atoms with E-state index in [-0.39, 0.29) is 5.60 Å². The molecular weight excluding hydrogens is 252 g/mol. The molecule has 1 saturated heterocycles. The van der Waals surface area contributed by atoms with Crippen molar-refractivity contribution in [3.8, 4) is 5.75 Å². The molecule has 4 nitrogen and oxygen atoms in total. The number of rotatable bonds is 5. The molecule has 0 bridgehead atoms. The van der Waals surface area contributed by atoms with Crippen molar-refractivity contribution in [3.63, 3.8) is 0 Å². The maximum atomic E-state index is 5.77. The molecule has 1 atom stereocenters. The van der Waals surface area contributed by atoms with Crippen molar-refractivity contribution in [2.75, 3.05) is 40.4 Å². The molecule has 2 rings (SSSR count). The molecule has 1 aliphatic heterocycles. The molecule has 1 fully saturated rings. The molecule has 20 heavy (non-hydrogen) atoms. The van der Waals surface area contributed by atoms with Crippen LogP contribution in [0.25, 0.3) is 0 Å². The summed E-state index contributed by atoms with van der Waals surface area (Å²) in [6.45, 7) is 8.09. The second-order valence-corrected chi connectivity index (χ2v) is 5.96. The highest BCUT2D eigenvalue weighted by Gasteiger charge is 2.28. The van der Waals surface area contributed by atoms with Crippen LogP contribution in [0.15, 0.2) is 24.3 Å². The van der Waals surface area contributed by atoms with Crippen molar-refractivity contribution < 1.29 is 9.47 Å². The van der Waals surface area contributed by atoms with Gasteiger partial charge in [-0.15, -0.1) is 0 Å². The Morgan fingerprint density at radius 2 is 2.05 bits per heavy atom. The van der Waals surface area contributed by atoms with Gasteiger partial charge in [-0.3, -0.25) is 4.90 Å². The molecule has 0 saturated carbocycles. The average Bonchev–Trinajstić information content (AvgIpc) is 2.44. The van der Waals surface area contributed by atoms with Gasteiger partial charge in [0.15, 0.2) is 0 Å². The Morgan fingerprint density at radius 1 is 1.35 bits per heavy atom. The average molecular weight is 278 g/mol. The molecule has 1 aromatic carbocycles. The molecule has 1 heterocycles. The summed E-state index contributed by atoms with van der Waals surface area (Å²) in [5.74, 6) is 0.899. The van der Waals surface area contributed by atoms with Crippen LogP contribution in [0.1, 0.15) is 25.5 Å². The third-order valence-corrected chi connectivity index (χ3v) is 3.81. The van der Waals surface area contributed by atoms with Gasteiger partial charge in [0, 0.05) is 25.7 Å². The lowest BCUT2D eigenvalue weighted by Crippen LogP contribution is -2.50. The van der Waals surface area contributed by atoms with E-state index in [4.69, 9.17) is 9.47 Å². The van der Waals surface area contributed by atoms with E-state index in [1.807, 2.05) is 19.2 Å². The molecule has 0 aromatic heterocycles. The molecular formula is C16H26N2O2. The summed E-state index contributed by atoms with van der Waals surface area (Å²) in [7, 11) is 3.71. The Balaban J connectivity index is 2.00. The Bertz CT molecular complexity index is 417. The number of hydrogen-bond donors (Lipinski definition) is 1. The first-order valence-electron chi connectivity index (χ1n) is 7.21. The molecule has 0 aliphatic carbocycles. The Hall–Kier alpha value is -1.10. The number of nitrogens with zero attached hydrogens (tertiary/aromatic N) is 1. The van der Waals surface area contributed by atoms with Gasteiger partial charge in [0.05, 0.1) is 19.3 Å². The minimum atomic E-state index is -0.0452. The molecule has 4 heteroatoms. The Morgan fingerprint density at radius 3 is 2.60 bits per heavy atom. The zero-order chi connectivity index (χ0) is 14.6. The first-order valence-corrected chi connectivity index (χ1v) is 7.21. The van der Waals surface area contributed by atoms with Gasteiger partial charge in [0.25, 0.3) is 0 Å². The van der Waals surface area contributed by atoms with Gasteiger partial charge in [-0.05, 0) is 38.6 Å². The minimum absolute atomic E-state index is 0.0452. The number of benzene rings is 1. The van der Waals surface area contributed by atoms with Crippen LogP contribution in [-0.2, 0) is 4.74 Å². The Kier molecular flexibility index (Phi) is 5.02. The second-order valence-electron chi connectivity index (χ2n) is 5.96. The summed E-state index contributed by atoms with van der Waals surface area (Å²) in [6.07, 6.45) is 0. The predicted molar refractivity (Wildman–Crippen MR) is 81.3 cm³/mol. The van der Waals surface area contributed by atoms with Crippen LogP contribution in [0, 0.1) is 0 Å². The number of morpholine rings is 1. The molecule has 1 aliphatic rings. The van der Waals surface area contributed by atoms with Crippen molar-refractivity contribution in [3.05, 3.63) is 29.8 Å². The second kappa shape index (κ2) is 6.57. The number of ether oxygens (including phenoxy) is 2. The standard InChI is InChI=1S/C16H26N2O2/c1-16(2)12-18(9-10-20-16)11-15(17-3)13-5-7-14(19-4)8-6-13/h5-8,15,17H,9-12H2,1-4H3. The molecule has 1 unspecified atom stereocenters. The van der Waals surface area contributed by atoms with Crippen LogP contribution < -0.4 is 10.1 Å². The third-order valence-electron chi connectivity index (χ3n) is 3.81. The van der Waals surface area contributed by atoms with Gasteiger partial charge in [0.2, 0.25) is 0 Å². The smallest absolute Gasteiger partial charge is 0.118 e. The van der Waals surface area contributed by atoms with E-state index in [2.05, 4.69) is 36.2 Å². The number of methoxy groups -OCH3 is 1. The number of hydrogen-bond acceptors (Lipinski definition) is 4. The highest BCUT2D eigenvalue weighted by atomic mass is 16.5. The maximum absolute atomic E-state index is 5.77. The minimum Gasteiger partial charge on any atom is -0.497 e. The molecule has 1 N–H and O–H groups in total. The van der Waals surface area contributed by atoms with Crippen molar-refractivity contribution in [2.45, 2.75) is 25.5 Å². The molecule has 112 valence electrons. The quantitative estimate of drug-likeness (QED) is 0.894. The summed E-state index contributed by atoms with van der Waals surface area (Å²) in [5, 5.41) is 3.41. The van der Waals surface area contributed by atoms with Crippen molar-refractivity contribution >= 4 is 0 Å². The normalized spacial score (nSPS) is 20.6. The lowest BCUT2D eigenvalue weighted by Gasteiger charge is -2.39. The zero-order valence-corrected chi connectivity index (χ0v) is 13.0. The van der Waals surface area contributed by atoms with Crippen molar-refractivity contribution in [1.82, 2.24) is 10.2 Å². The SMILES string of the molecule is CNC(CN1CCOC(C)(C)C1)c1ccc(OC)cc1. The Labute approximate surface area is 122 Å². The summed E-state index contributed by atoms with van der Waals surface area (Å²) >= 11 is 0. The fourth-order valence-corrected chi connectivity index (χ4v) is 2.73. The van der Waals surface area contributed by atoms with Gasteiger partial charge in [-0.25, -0.2) is 0 Å². The van der Waals surface area contributed by atoms with Crippen LogP contribution in [0.4, 0.5) is 0 Å². The van der Waals surface area contributed by atoms with Crippen molar-refractivity contribution in [1.29, 1.82) is 0 Å². The van der Waals surface area contributed by atoms with E-state index in [0.717, 1.165) is 32.0 Å². The number of likely N-dealkylation sites (N-methyl/N-ethyl adjacent to an activating group) is 1. The van der Waals surface area contributed by atoms with E-state index < -0.39 is 0 Å². The highest BCUT2D eigenvalue weighted by molar-refractivity contribution is 5.29. The van der Waals surface area contributed by atoms with E-state index in [0.29, 0.717) is 6.04 Å². The molecule has 0 radical (unpaired) electrons. The van der Waals surface area contributed by atoms with Crippen LogP contribution >= 0.6 is 0 Å². The molecule has 0 amide bonds. The third kappa shape index (κ3) is 3.95. The monoisotopic (exact) mass is 278 g/mol. The summed E-state index contributed by atoms with van der Waals surface area (Å²) in [4.78, 5) is 2.47. The van der Waals surface area contributed by atoms with Gasteiger partial charge < -0.3 is 14.8 Å². The summed E-state index contributed by atoms with van der Waals surface area (Å²) < 4.78 is 11.0. The van der Waals surface area contributed by atoms with Crippen LogP contribution in [0.2, 0.25) is 0 Å². The van der Waals surface area contributed by atoms with Gasteiger partial charge >= 0.3 is 0 Å². The fourth-order valence-electron chi connectivity index (χ4n) is 2.73. The van der Waals surface area contributed by atoms with Gasteiger partial charge in [-0.1, -0.05) is 12.1 Å². The van der Waals surface area contributed by atoms with E-state index in [1.165, 1.54) is 5.56 Å². The first kappa shape index (κ1) is 15.3. The van der Waals surface area contributed by atoms with Gasteiger partial charge in [-0.2, -0.15) is 0 Å². The maximum Gasteiger partial charge on any atom is 0.118 e. The van der Waals surface area contributed by atoms with E-state index >= 15 is 0 Å². The highest BCUT2D eigenvalue weighted by Crippen LogP contribution is 2.22. The van der Waals surface area contributed by atoms with Crippen LogP contribution in [0.3, 0.4) is 0 Å². The number of nitrogens with one attached hydrogen (secondary N) is 1. The van der Waals surface area contributed by atoms with Crippen LogP contribution in [0.5, 0.6) is 5.75 Å². The lowest BCUT2D eigenvalue weighted by molar-refractivity contribution is -0.0875. The summed E-state index contributed by atoms with van der Waals surface area (Å²) in [5.41, 5.74) is 1.24. The van der Waals surface area contributed by atoms with Crippen molar-refractivity contribution in [2.24, 2.45) is 0 Å². The zero-order valence-electron chi connectivity index (χ0n) is 13.0. The van der Waals surface area contributed by atoms with Gasteiger partial charge in [0.1, 0.15) is 5.75 Å².